The summed E-state index contributed by atoms with van der Waals surface area (Å²) < 4.78 is 0. The summed E-state index contributed by atoms with van der Waals surface area (Å²) in [6, 6.07) is 7.95. The molecule has 90 valence electrons. The Labute approximate surface area is 101 Å². The highest BCUT2D eigenvalue weighted by atomic mass is 16.1. The zero-order valence-electron chi connectivity index (χ0n) is 10.6. The lowest BCUT2D eigenvalue weighted by Crippen LogP contribution is -2.10. The molecule has 0 spiro atoms. The fourth-order valence-electron chi connectivity index (χ4n) is 1.19. The number of hydrogen-bond donors (Lipinski definition) is 0. The van der Waals surface area contributed by atoms with Crippen LogP contribution in [0.3, 0.4) is 0 Å². The topological polar surface area (TPSA) is 46.1 Å². The second-order valence-corrected chi connectivity index (χ2v) is 4.02. The molecule has 0 aromatic carbocycles. The lowest BCUT2D eigenvalue weighted by atomic mass is 10.3. The molecule has 2 rings (SSSR count). The lowest BCUT2D eigenvalue weighted by Gasteiger charge is -2.10. The third-order valence-electron chi connectivity index (χ3n) is 1.91. The molecule has 2 heterocycles. The van der Waals surface area contributed by atoms with Gasteiger partial charge in [-0.25, -0.2) is 9.97 Å². The highest BCUT2D eigenvalue weighted by molar-refractivity contribution is 5.76. The van der Waals surface area contributed by atoms with Crippen molar-refractivity contribution in [2.24, 2.45) is 0 Å². The number of fused-ring (bicyclic) bond motifs is 1. The number of nitrogens with zero attached hydrogens (tertiary/aromatic N) is 3. The molecule has 0 bridgehead atoms. The van der Waals surface area contributed by atoms with Gasteiger partial charge in [0.15, 0.2) is 5.65 Å². The summed E-state index contributed by atoms with van der Waals surface area (Å²) in [4.78, 5) is 20.0. The molecule has 0 saturated heterocycles. The van der Waals surface area contributed by atoms with E-state index in [4.69, 9.17) is 0 Å². The molecule has 4 heteroatoms. The van der Waals surface area contributed by atoms with Gasteiger partial charge in [0.1, 0.15) is 11.6 Å². The van der Waals surface area contributed by atoms with Gasteiger partial charge in [0.05, 0.1) is 0 Å². The average molecular weight is 231 g/mol. The van der Waals surface area contributed by atoms with Crippen molar-refractivity contribution in [3.8, 4) is 0 Å². The number of Topliss-reactive ketones (excluding diaryl/α,β-unsaturated/α-hetero) is 1. The first-order valence-corrected chi connectivity index (χ1v) is 5.37. The van der Waals surface area contributed by atoms with Gasteiger partial charge in [-0.3, -0.25) is 0 Å². The number of carbonyl (C=O) groups excluding carboxylic acids is 1. The normalized spacial score (nSPS) is 9.41. The quantitative estimate of drug-likeness (QED) is 0.755. The lowest BCUT2D eigenvalue weighted by molar-refractivity contribution is -0.114. The molecule has 0 amide bonds. The van der Waals surface area contributed by atoms with Crippen molar-refractivity contribution in [1.82, 2.24) is 9.97 Å². The largest absolute Gasteiger partial charge is 0.363 e. The van der Waals surface area contributed by atoms with Gasteiger partial charge in [0, 0.05) is 25.7 Å². The van der Waals surface area contributed by atoms with Crippen molar-refractivity contribution in [2.75, 3.05) is 19.0 Å². The van der Waals surface area contributed by atoms with Gasteiger partial charge in [0.25, 0.3) is 0 Å². The van der Waals surface area contributed by atoms with Crippen molar-refractivity contribution in [2.45, 2.75) is 13.8 Å². The third kappa shape index (κ3) is 4.18. The van der Waals surface area contributed by atoms with Gasteiger partial charge >= 0.3 is 0 Å². The van der Waals surface area contributed by atoms with E-state index in [9.17, 15) is 4.79 Å². The Hall–Kier alpha value is -1.97. The van der Waals surface area contributed by atoms with Gasteiger partial charge in [-0.15, -0.1) is 0 Å². The molecule has 0 fully saturated rings. The van der Waals surface area contributed by atoms with Crippen molar-refractivity contribution < 1.29 is 4.79 Å². The number of ketones is 1. The summed E-state index contributed by atoms with van der Waals surface area (Å²) in [7, 11) is 3.94. The maximum atomic E-state index is 9.44. The molecular weight excluding hydrogens is 214 g/mol. The van der Waals surface area contributed by atoms with Crippen LogP contribution in [0.4, 0.5) is 5.82 Å². The van der Waals surface area contributed by atoms with Crippen LogP contribution in [0.5, 0.6) is 0 Å². The zero-order valence-corrected chi connectivity index (χ0v) is 10.6. The monoisotopic (exact) mass is 231 g/mol. The Morgan fingerprint density at radius 2 is 1.82 bits per heavy atom. The fourth-order valence-corrected chi connectivity index (χ4v) is 1.19. The maximum absolute atomic E-state index is 9.44. The van der Waals surface area contributed by atoms with E-state index in [1.54, 1.807) is 6.20 Å². The van der Waals surface area contributed by atoms with E-state index in [-0.39, 0.29) is 5.78 Å². The first-order chi connectivity index (χ1) is 8.00. The number of rotatable bonds is 1. The number of aromatic nitrogens is 2. The van der Waals surface area contributed by atoms with E-state index in [0.717, 1.165) is 16.9 Å². The molecule has 0 saturated carbocycles. The third-order valence-corrected chi connectivity index (χ3v) is 1.91. The molecule has 2 aromatic rings. The molecule has 0 aliphatic carbocycles. The molecule has 4 nitrogen and oxygen atoms in total. The van der Waals surface area contributed by atoms with Crippen LogP contribution >= 0.6 is 0 Å². The van der Waals surface area contributed by atoms with Gasteiger partial charge < -0.3 is 9.69 Å². The van der Waals surface area contributed by atoms with Crippen LogP contribution in [0.25, 0.3) is 11.0 Å². The minimum atomic E-state index is 0.167. The molecule has 2 aromatic heterocycles. The van der Waals surface area contributed by atoms with Gasteiger partial charge in [-0.1, -0.05) is 0 Å². The second-order valence-electron chi connectivity index (χ2n) is 4.02. The highest BCUT2D eigenvalue weighted by Crippen LogP contribution is 2.13. The van der Waals surface area contributed by atoms with E-state index in [1.165, 1.54) is 13.8 Å². The molecule has 0 atom stereocenters. The molecule has 0 unspecified atom stereocenters. The van der Waals surface area contributed by atoms with Gasteiger partial charge in [0.2, 0.25) is 0 Å². The second kappa shape index (κ2) is 5.94. The van der Waals surface area contributed by atoms with Crippen molar-refractivity contribution in [3.05, 3.63) is 30.5 Å². The maximum Gasteiger partial charge on any atom is 0.161 e. The SMILES string of the molecule is CC(C)=O.CN(C)c1ccc2cccnc2n1. The molecule has 0 aliphatic rings. The Kier molecular flexibility index (Phi) is 4.57. The first-order valence-electron chi connectivity index (χ1n) is 5.37. The minimum absolute atomic E-state index is 0.167. The molecule has 0 radical (unpaired) electrons. The number of anilines is 1. The summed E-state index contributed by atoms with van der Waals surface area (Å²) in [5, 5.41) is 1.08. The molecule has 0 aliphatic heterocycles. The smallest absolute Gasteiger partial charge is 0.161 e. The van der Waals surface area contributed by atoms with Gasteiger partial charge in [-0.05, 0) is 38.1 Å². The van der Waals surface area contributed by atoms with Crippen LogP contribution in [0, 0.1) is 0 Å². The van der Waals surface area contributed by atoms with E-state index < -0.39 is 0 Å². The Morgan fingerprint density at radius 1 is 1.18 bits per heavy atom. The Bertz CT molecular complexity index is 505. The predicted molar refractivity (Wildman–Crippen MR) is 70.2 cm³/mol. The summed E-state index contributed by atoms with van der Waals surface area (Å²) in [6.45, 7) is 3.06. The number of pyridine rings is 2. The van der Waals surface area contributed by atoms with Crippen molar-refractivity contribution >= 4 is 22.6 Å². The molecule has 17 heavy (non-hydrogen) atoms. The van der Waals surface area contributed by atoms with E-state index in [2.05, 4.69) is 9.97 Å². The van der Waals surface area contributed by atoms with Crippen molar-refractivity contribution in [3.63, 3.8) is 0 Å². The van der Waals surface area contributed by atoms with E-state index >= 15 is 0 Å². The molecule has 0 N–H and O–H groups in total. The Morgan fingerprint density at radius 3 is 2.41 bits per heavy atom. The summed E-state index contributed by atoms with van der Waals surface area (Å²) in [5.74, 6) is 1.10. The van der Waals surface area contributed by atoms with Crippen LogP contribution in [-0.2, 0) is 4.79 Å². The van der Waals surface area contributed by atoms with E-state index in [0.29, 0.717) is 0 Å². The summed E-state index contributed by atoms with van der Waals surface area (Å²) >= 11 is 0. The summed E-state index contributed by atoms with van der Waals surface area (Å²) in [6.07, 6.45) is 1.76. The van der Waals surface area contributed by atoms with Gasteiger partial charge in [-0.2, -0.15) is 0 Å². The fraction of sp³-hybridized carbons (Fsp3) is 0.308. The van der Waals surface area contributed by atoms with Crippen LogP contribution < -0.4 is 4.90 Å². The predicted octanol–water partition coefficient (Wildman–Crippen LogP) is 2.29. The van der Waals surface area contributed by atoms with Crippen LogP contribution in [0.1, 0.15) is 13.8 Å². The van der Waals surface area contributed by atoms with E-state index in [1.807, 2.05) is 43.3 Å². The van der Waals surface area contributed by atoms with Crippen LogP contribution in [-0.4, -0.2) is 29.8 Å². The first kappa shape index (κ1) is 13.1. The standard InChI is InChI=1S/C10H11N3.C3H6O/c1-13(2)9-6-5-8-4-3-7-11-10(8)12-9;1-3(2)4/h3-7H,1-2H3;1-2H3. The molecular formula is C13H17N3O. The Balaban J connectivity index is 0.000000317. The highest BCUT2D eigenvalue weighted by Gasteiger charge is 1.98. The van der Waals surface area contributed by atoms with Crippen LogP contribution in [0.15, 0.2) is 30.5 Å². The van der Waals surface area contributed by atoms with Crippen molar-refractivity contribution in [1.29, 1.82) is 0 Å². The zero-order chi connectivity index (χ0) is 12.8. The summed E-state index contributed by atoms with van der Waals surface area (Å²) in [5.41, 5.74) is 0.800. The minimum Gasteiger partial charge on any atom is -0.363 e. The average Bonchev–Trinajstić information content (AvgIpc) is 2.27. The van der Waals surface area contributed by atoms with Crippen LogP contribution in [0.2, 0.25) is 0 Å². The number of hydrogen-bond acceptors (Lipinski definition) is 4. The number of carbonyl (C=O) groups is 1.